The van der Waals surface area contributed by atoms with Crippen LogP contribution in [0.15, 0.2) is 29.2 Å². The fourth-order valence-electron chi connectivity index (χ4n) is 2.89. The van der Waals surface area contributed by atoms with Gasteiger partial charge in [0, 0.05) is 11.4 Å². The number of hydrogen-bond acceptors (Lipinski definition) is 3. The van der Waals surface area contributed by atoms with Crippen molar-refractivity contribution in [2.24, 2.45) is 0 Å². The van der Waals surface area contributed by atoms with E-state index < -0.39 is 0 Å². The van der Waals surface area contributed by atoms with Gasteiger partial charge in [-0.05, 0) is 64.9 Å². The van der Waals surface area contributed by atoms with Crippen LogP contribution < -0.4 is 5.32 Å². The number of carbonyl (C=O) groups excluding carboxylic acids is 1. The lowest BCUT2D eigenvalue weighted by Gasteiger charge is -2.20. The van der Waals surface area contributed by atoms with Crippen molar-refractivity contribution in [2.45, 2.75) is 56.1 Å². The van der Waals surface area contributed by atoms with Gasteiger partial charge in [-0.3, -0.25) is 4.79 Å². The van der Waals surface area contributed by atoms with Crippen LogP contribution in [-0.4, -0.2) is 42.2 Å². The molecule has 0 bridgehead atoms. The van der Waals surface area contributed by atoms with E-state index in [-0.39, 0.29) is 11.2 Å². The van der Waals surface area contributed by atoms with E-state index in [0.29, 0.717) is 0 Å². The predicted molar refractivity (Wildman–Crippen MR) is 99.0 cm³/mol. The minimum absolute atomic E-state index is 0.0455. The molecular weight excluding hydrogens is 304 g/mol. The van der Waals surface area contributed by atoms with Crippen LogP contribution in [0, 0.1) is 6.92 Å². The highest BCUT2D eigenvalue weighted by Gasteiger charge is 2.14. The van der Waals surface area contributed by atoms with Crippen LogP contribution in [0.1, 0.15) is 44.6 Å². The predicted octanol–water partition coefficient (Wildman–Crippen LogP) is 3.86. The average Bonchev–Trinajstić information content (AvgIpc) is 2.82. The molecule has 0 unspecified atom stereocenters. The van der Waals surface area contributed by atoms with Gasteiger partial charge in [0.2, 0.25) is 5.91 Å². The van der Waals surface area contributed by atoms with Crippen LogP contribution >= 0.6 is 11.8 Å². The molecule has 1 heterocycles. The molecule has 0 spiro atoms. The third-order valence-electron chi connectivity index (χ3n) is 4.35. The zero-order chi connectivity index (χ0) is 16.5. The van der Waals surface area contributed by atoms with Gasteiger partial charge in [0.25, 0.3) is 0 Å². The lowest BCUT2D eigenvalue weighted by molar-refractivity contribution is -0.120. The molecule has 23 heavy (non-hydrogen) atoms. The van der Waals surface area contributed by atoms with Crippen molar-refractivity contribution in [3.8, 4) is 0 Å². The van der Waals surface area contributed by atoms with Gasteiger partial charge in [-0.15, -0.1) is 11.8 Å². The Hall–Kier alpha value is -1.00. The first-order chi connectivity index (χ1) is 11.1. The Morgan fingerprint density at radius 3 is 2.48 bits per heavy atom. The molecule has 1 aromatic rings. The number of rotatable bonds is 7. The molecule has 1 fully saturated rings. The summed E-state index contributed by atoms with van der Waals surface area (Å²) in [4.78, 5) is 15.9. The van der Waals surface area contributed by atoms with E-state index in [9.17, 15) is 4.79 Å². The van der Waals surface area contributed by atoms with E-state index in [1.54, 1.807) is 11.8 Å². The second-order valence-electron chi connectivity index (χ2n) is 6.47. The number of amides is 1. The average molecular weight is 335 g/mol. The molecule has 1 aliphatic rings. The normalized spacial score (nSPS) is 17.5. The van der Waals surface area contributed by atoms with Gasteiger partial charge in [0.1, 0.15) is 0 Å². The quantitative estimate of drug-likeness (QED) is 0.607. The van der Waals surface area contributed by atoms with Crippen LogP contribution in [-0.2, 0) is 4.79 Å². The fourth-order valence-corrected chi connectivity index (χ4v) is 3.78. The summed E-state index contributed by atoms with van der Waals surface area (Å²) in [6.45, 7) is 8.42. The number of carbonyl (C=O) groups is 1. The molecule has 1 aromatic carbocycles. The number of hydrogen-bond donors (Lipinski definition) is 1. The number of nitrogens with one attached hydrogen (secondary N) is 1. The monoisotopic (exact) mass is 334 g/mol. The maximum atomic E-state index is 12.2. The highest BCUT2D eigenvalue weighted by atomic mass is 32.2. The summed E-state index contributed by atoms with van der Waals surface area (Å²) in [5.41, 5.74) is 1.25. The van der Waals surface area contributed by atoms with Crippen LogP contribution in [0.3, 0.4) is 0 Å². The summed E-state index contributed by atoms with van der Waals surface area (Å²) in [7, 11) is 0. The highest BCUT2D eigenvalue weighted by molar-refractivity contribution is 8.00. The van der Waals surface area contributed by atoms with Gasteiger partial charge < -0.3 is 10.2 Å². The van der Waals surface area contributed by atoms with Crippen molar-refractivity contribution in [3.05, 3.63) is 29.8 Å². The van der Waals surface area contributed by atoms with E-state index in [2.05, 4.69) is 41.4 Å². The molecule has 1 atom stereocenters. The van der Waals surface area contributed by atoms with Crippen LogP contribution in [0.5, 0.6) is 0 Å². The van der Waals surface area contributed by atoms with E-state index in [1.807, 2.05) is 6.92 Å². The number of nitrogens with zero attached hydrogens (tertiary/aromatic N) is 1. The number of aryl methyl sites for hydroxylation is 1. The minimum Gasteiger partial charge on any atom is -0.355 e. The van der Waals surface area contributed by atoms with E-state index in [4.69, 9.17) is 0 Å². The van der Waals surface area contributed by atoms with Crippen molar-refractivity contribution >= 4 is 17.7 Å². The second kappa shape index (κ2) is 9.99. The minimum atomic E-state index is -0.0455. The Bertz CT molecular complexity index is 467. The van der Waals surface area contributed by atoms with E-state index in [0.717, 1.165) is 24.4 Å². The van der Waals surface area contributed by atoms with Gasteiger partial charge in [-0.2, -0.15) is 0 Å². The molecule has 0 aliphatic carbocycles. The summed E-state index contributed by atoms with van der Waals surface area (Å²) in [6, 6.07) is 8.36. The molecule has 0 radical (unpaired) electrons. The Morgan fingerprint density at radius 2 is 1.83 bits per heavy atom. The Kier molecular flexibility index (Phi) is 7.96. The maximum absolute atomic E-state index is 12.2. The van der Waals surface area contributed by atoms with Crippen LogP contribution in [0.25, 0.3) is 0 Å². The number of benzene rings is 1. The SMILES string of the molecule is Cc1ccc(S[C@H](C)C(=O)NCCCN2CCCCCC2)cc1. The molecule has 1 N–H and O–H groups in total. The van der Waals surface area contributed by atoms with Gasteiger partial charge in [0.05, 0.1) is 5.25 Å². The molecule has 4 heteroatoms. The summed E-state index contributed by atoms with van der Waals surface area (Å²) in [5.74, 6) is 0.145. The van der Waals surface area contributed by atoms with Gasteiger partial charge in [-0.1, -0.05) is 30.5 Å². The first-order valence-corrected chi connectivity index (χ1v) is 9.76. The van der Waals surface area contributed by atoms with Crippen molar-refractivity contribution in [1.82, 2.24) is 10.2 Å². The molecule has 1 aliphatic heterocycles. The molecule has 1 amide bonds. The molecule has 0 saturated carbocycles. The Balaban J connectivity index is 1.62. The van der Waals surface area contributed by atoms with Crippen molar-refractivity contribution in [1.29, 1.82) is 0 Å². The largest absolute Gasteiger partial charge is 0.355 e. The molecule has 1 saturated heterocycles. The second-order valence-corrected chi connectivity index (χ2v) is 7.89. The zero-order valence-electron chi connectivity index (χ0n) is 14.5. The molecule has 3 nitrogen and oxygen atoms in total. The molecular formula is C19H30N2OS. The number of thioether (sulfide) groups is 1. The topological polar surface area (TPSA) is 32.3 Å². The molecule has 0 aromatic heterocycles. The zero-order valence-corrected chi connectivity index (χ0v) is 15.3. The van der Waals surface area contributed by atoms with Gasteiger partial charge in [-0.25, -0.2) is 0 Å². The smallest absolute Gasteiger partial charge is 0.233 e. The van der Waals surface area contributed by atoms with Crippen LogP contribution in [0.4, 0.5) is 0 Å². The first-order valence-electron chi connectivity index (χ1n) is 8.88. The third kappa shape index (κ3) is 6.96. The standard InChI is InChI=1S/C19H30N2OS/c1-16-8-10-18(11-9-16)23-17(2)19(22)20-12-7-15-21-13-5-3-4-6-14-21/h8-11,17H,3-7,12-15H2,1-2H3,(H,20,22)/t17-/m1/s1. The van der Waals surface area contributed by atoms with Gasteiger partial charge in [0.15, 0.2) is 0 Å². The van der Waals surface area contributed by atoms with Crippen LogP contribution in [0.2, 0.25) is 0 Å². The Labute approximate surface area is 145 Å². The van der Waals surface area contributed by atoms with Gasteiger partial charge >= 0.3 is 0 Å². The first kappa shape index (κ1) is 18.3. The molecule has 128 valence electrons. The fraction of sp³-hybridized carbons (Fsp3) is 0.632. The lowest BCUT2D eigenvalue weighted by Crippen LogP contribution is -2.34. The summed E-state index contributed by atoms with van der Waals surface area (Å²) < 4.78 is 0. The van der Waals surface area contributed by atoms with Crippen molar-refractivity contribution in [2.75, 3.05) is 26.2 Å². The molecule has 2 rings (SSSR count). The Morgan fingerprint density at radius 1 is 1.17 bits per heavy atom. The summed E-state index contributed by atoms with van der Waals surface area (Å²) in [5, 5.41) is 3.04. The highest BCUT2D eigenvalue weighted by Crippen LogP contribution is 2.23. The van der Waals surface area contributed by atoms with Crippen molar-refractivity contribution in [3.63, 3.8) is 0 Å². The summed E-state index contributed by atoms with van der Waals surface area (Å²) in [6.07, 6.45) is 6.46. The van der Waals surface area contributed by atoms with E-state index >= 15 is 0 Å². The lowest BCUT2D eigenvalue weighted by atomic mass is 10.2. The third-order valence-corrected chi connectivity index (χ3v) is 5.46. The summed E-state index contributed by atoms with van der Waals surface area (Å²) >= 11 is 1.63. The maximum Gasteiger partial charge on any atom is 0.233 e. The number of likely N-dealkylation sites (tertiary alicyclic amines) is 1. The van der Waals surface area contributed by atoms with Crippen molar-refractivity contribution < 1.29 is 4.79 Å². The van der Waals surface area contributed by atoms with E-state index in [1.165, 1.54) is 44.3 Å².